The zero-order valence-corrected chi connectivity index (χ0v) is 6.32. The van der Waals surface area contributed by atoms with Crippen molar-refractivity contribution in [2.45, 2.75) is 25.0 Å². The number of amides is 2. The number of likely N-dealkylation sites (tertiary alicyclic amines) is 1. The molecule has 2 N–H and O–H groups in total. The Morgan fingerprint density at radius 2 is 2.00 bits per heavy atom. The average molecular weight is 156 g/mol. The molecule has 2 rings (SSSR count). The molecule has 0 unspecified atom stereocenters. The van der Waals surface area contributed by atoms with E-state index in [4.69, 9.17) is 10.5 Å². The second-order valence-electron chi connectivity index (χ2n) is 3.20. The molecule has 0 aromatic heterocycles. The maximum atomic E-state index is 10.5. The SMILES string of the molecule is NC(=O)N1CC(OC2CC2)C1. The van der Waals surface area contributed by atoms with Gasteiger partial charge in [-0.15, -0.1) is 0 Å². The Morgan fingerprint density at radius 3 is 2.45 bits per heavy atom. The standard InChI is InChI=1S/C7H12N2O2/c8-7(10)9-3-6(4-9)11-5-1-2-5/h5-6H,1-4H2,(H2,8,10). The fourth-order valence-electron chi connectivity index (χ4n) is 1.18. The minimum atomic E-state index is -0.333. The molecule has 0 aromatic carbocycles. The number of ether oxygens (including phenoxy) is 1. The van der Waals surface area contributed by atoms with Crippen LogP contribution >= 0.6 is 0 Å². The lowest BCUT2D eigenvalue weighted by atomic mass is 10.2. The molecule has 2 amide bonds. The number of carbonyl (C=O) groups excluding carboxylic acids is 1. The summed E-state index contributed by atoms with van der Waals surface area (Å²) in [7, 11) is 0. The lowest BCUT2D eigenvalue weighted by molar-refractivity contribution is -0.0429. The van der Waals surface area contributed by atoms with E-state index in [0.29, 0.717) is 19.2 Å². The Bertz CT molecular complexity index is 173. The molecule has 0 radical (unpaired) electrons. The first-order chi connectivity index (χ1) is 5.25. The van der Waals surface area contributed by atoms with E-state index < -0.39 is 0 Å². The number of hydrogen-bond acceptors (Lipinski definition) is 2. The number of nitrogens with two attached hydrogens (primary N) is 1. The second kappa shape index (κ2) is 2.37. The van der Waals surface area contributed by atoms with Crippen molar-refractivity contribution in [3.05, 3.63) is 0 Å². The van der Waals surface area contributed by atoms with Crippen molar-refractivity contribution in [2.75, 3.05) is 13.1 Å². The zero-order valence-electron chi connectivity index (χ0n) is 6.32. The van der Waals surface area contributed by atoms with Crippen LogP contribution in [0.3, 0.4) is 0 Å². The monoisotopic (exact) mass is 156 g/mol. The number of rotatable bonds is 2. The van der Waals surface area contributed by atoms with Crippen LogP contribution in [-0.2, 0) is 4.74 Å². The molecule has 0 spiro atoms. The van der Waals surface area contributed by atoms with Crippen LogP contribution in [0.25, 0.3) is 0 Å². The van der Waals surface area contributed by atoms with Gasteiger partial charge in [0.1, 0.15) is 0 Å². The molecule has 1 aliphatic carbocycles. The van der Waals surface area contributed by atoms with E-state index in [0.717, 1.165) is 0 Å². The fraction of sp³-hybridized carbons (Fsp3) is 0.857. The van der Waals surface area contributed by atoms with Gasteiger partial charge < -0.3 is 15.4 Å². The molecule has 1 saturated carbocycles. The molecule has 0 aromatic rings. The molecule has 62 valence electrons. The summed E-state index contributed by atoms with van der Waals surface area (Å²) < 4.78 is 5.53. The summed E-state index contributed by atoms with van der Waals surface area (Å²) in [6, 6.07) is -0.333. The molecular formula is C7H12N2O2. The smallest absolute Gasteiger partial charge is 0.314 e. The van der Waals surface area contributed by atoms with E-state index in [9.17, 15) is 4.79 Å². The summed E-state index contributed by atoms with van der Waals surface area (Å²) in [4.78, 5) is 12.1. The van der Waals surface area contributed by atoms with E-state index in [1.807, 2.05) is 0 Å². The van der Waals surface area contributed by atoms with Gasteiger partial charge in [-0.2, -0.15) is 0 Å². The molecule has 1 heterocycles. The van der Waals surface area contributed by atoms with E-state index in [2.05, 4.69) is 0 Å². The summed E-state index contributed by atoms with van der Waals surface area (Å²) >= 11 is 0. The van der Waals surface area contributed by atoms with Gasteiger partial charge in [0.05, 0.1) is 25.3 Å². The highest BCUT2D eigenvalue weighted by molar-refractivity contribution is 5.73. The fourth-order valence-corrected chi connectivity index (χ4v) is 1.18. The van der Waals surface area contributed by atoms with E-state index in [1.165, 1.54) is 12.8 Å². The second-order valence-corrected chi connectivity index (χ2v) is 3.20. The Balaban J connectivity index is 1.66. The molecule has 4 heteroatoms. The van der Waals surface area contributed by atoms with Gasteiger partial charge in [0, 0.05) is 0 Å². The van der Waals surface area contributed by atoms with Gasteiger partial charge in [-0.25, -0.2) is 4.79 Å². The van der Waals surface area contributed by atoms with Gasteiger partial charge in [0.25, 0.3) is 0 Å². The first-order valence-corrected chi connectivity index (χ1v) is 3.95. The largest absolute Gasteiger partial charge is 0.371 e. The van der Waals surface area contributed by atoms with Crippen LogP contribution in [0.5, 0.6) is 0 Å². The topological polar surface area (TPSA) is 55.6 Å². The van der Waals surface area contributed by atoms with Crippen LogP contribution < -0.4 is 5.73 Å². The predicted octanol–water partition coefficient (Wildman–Crippen LogP) is -0.0717. The average Bonchev–Trinajstić information content (AvgIpc) is 2.58. The van der Waals surface area contributed by atoms with Gasteiger partial charge in [-0.1, -0.05) is 0 Å². The van der Waals surface area contributed by atoms with Crippen molar-refractivity contribution in [3.63, 3.8) is 0 Å². The molecule has 0 atom stereocenters. The van der Waals surface area contributed by atoms with E-state index in [1.54, 1.807) is 4.90 Å². The quantitative estimate of drug-likeness (QED) is 0.608. The number of hydrogen-bond donors (Lipinski definition) is 1. The van der Waals surface area contributed by atoms with Gasteiger partial charge in [0.15, 0.2) is 0 Å². The first kappa shape index (κ1) is 6.91. The third kappa shape index (κ3) is 1.45. The Kier molecular flexibility index (Phi) is 1.49. The van der Waals surface area contributed by atoms with Crippen LogP contribution in [0.15, 0.2) is 0 Å². The van der Waals surface area contributed by atoms with Crippen molar-refractivity contribution in [1.29, 1.82) is 0 Å². The Hall–Kier alpha value is -0.770. The molecule has 1 aliphatic heterocycles. The normalized spacial score (nSPS) is 24.9. The van der Waals surface area contributed by atoms with Crippen LogP contribution in [0.4, 0.5) is 4.79 Å². The lowest BCUT2D eigenvalue weighted by Crippen LogP contribution is -2.56. The molecular weight excluding hydrogens is 144 g/mol. The molecule has 4 nitrogen and oxygen atoms in total. The minimum Gasteiger partial charge on any atom is -0.371 e. The van der Waals surface area contributed by atoms with E-state index >= 15 is 0 Å². The Morgan fingerprint density at radius 1 is 1.36 bits per heavy atom. The summed E-state index contributed by atoms with van der Waals surface area (Å²) in [5, 5.41) is 0. The van der Waals surface area contributed by atoms with Crippen LogP contribution in [0, 0.1) is 0 Å². The highest BCUT2D eigenvalue weighted by atomic mass is 16.5. The van der Waals surface area contributed by atoms with Crippen molar-refractivity contribution in [2.24, 2.45) is 5.73 Å². The highest BCUT2D eigenvalue weighted by Gasteiger charge is 2.34. The van der Waals surface area contributed by atoms with Crippen LogP contribution in [-0.4, -0.2) is 36.2 Å². The number of carbonyl (C=O) groups is 1. The van der Waals surface area contributed by atoms with Gasteiger partial charge in [0.2, 0.25) is 0 Å². The molecule has 1 saturated heterocycles. The van der Waals surface area contributed by atoms with Crippen molar-refractivity contribution < 1.29 is 9.53 Å². The molecule has 11 heavy (non-hydrogen) atoms. The van der Waals surface area contributed by atoms with Crippen molar-refractivity contribution in [3.8, 4) is 0 Å². The minimum absolute atomic E-state index is 0.259. The van der Waals surface area contributed by atoms with E-state index in [-0.39, 0.29) is 12.1 Å². The van der Waals surface area contributed by atoms with Crippen LogP contribution in [0.1, 0.15) is 12.8 Å². The maximum absolute atomic E-state index is 10.5. The molecule has 2 aliphatic rings. The van der Waals surface area contributed by atoms with Crippen molar-refractivity contribution in [1.82, 2.24) is 4.90 Å². The third-order valence-corrected chi connectivity index (χ3v) is 2.07. The van der Waals surface area contributed by atoms with Gasteiger partial charge in [-0.05, 0) is 12.8 Å². The zero-order chi connectivity index (χ0) is 7.84. The Labute approximate surface area is 65.3 Å². The first-order valence-electron chi connectivity index (χ1n) is 3.95. The number of nitrogens with zero attached hydrogens (tertiary/aromatic N) is 1. The summed E-state index contributed by atoms with van der Waals surface area (Å²) in [5.41, 5.74) is 5.04. The summed E-state index contributed by atoms with van der Waals surface area (Å²) in [6.07, 6.45) is 3.12. The van der Waals surface area contributed by atoms with Gasteiger partial charge in [-0.3, -0.25) is 0 Å². The predicted molar refractivity (Wildman–Crippen MR) is 39.1 cm³/mol. The van der Waals surface area contributed by atoms with Gasteiger partial charge >= 0.3 is 6.03 Å². The summed E-state index contributed by atoms with van der Waals surface area (Å²) in [5.74, 6) is 0. The number of primary amides is 1. The number of urea groups is 1. The highest BCUT2D eigenvalue weighted by Crippen LogP contribution is 2.27. The van der Waals surface area contributed by atoms with Crippen LogP contribution in [0.2, 0.25) is 0 Å². The maximum Gasteiger partial charge on any atom is 0.314 e. The molecule has 2 fully saturated rings. The lowest BCUT2D eigenvalue weighted by Gasteiger charge is -2.37. The summed E-state index contributed by atoms with van der Waals surface area (Å²) in [6.45, 7) is 1.37. The third-order valence-electron chi connectivity index (χ3n) is 2.07. The molecule has 0 bridgehead atoms. The van der Waals surface area contributed by atoms with Crippen molar-refractivity contribution >= 4 is 6.03 Å².